The number of nitrogens with one attached hydrogen (secondary N) is 2. The number of nitro groups is 1. The molecular formula is C11H15N3O5. The third-order valence-corrected chi connectivity index (χ3v) is 2.53. The number of nitrogens with zero attached hydrogens (tertiary/aromatic N) is 1. The number of carbonyl (C=O) groups excluding carboxylic acids is 1. The summed E-state index contributed by atoms with van der Waals surface area (Å²) < 4.78 is 0. The molecule has 0 radical (unpaired) electrons. The number of carboxylic acid groups (broad SMARTS) is 1. The van der Waals surface area contributed by atoms with Crippen LogP contribution < -0.4 is 5.32 Å². The summed E-state index contributed by atoms with van der Waals surface area (Å²) in [6.07, 6.45) is 2.18. The van der Waals surface area contributed by atoms with E-state index in [0.29, 0.717) is 12.8 Å². The Balaban J connectivity index is 2.45. The number of H-pyrrole nitrogens is 1. The van der Waals surface area contributed by atoms with Crippen molar-refractivity contribution in [3.63, 3.8) is 0 Å². The first-order chi connectivity index (χ1) is 8.90. The molecule has 0 aliphatic rings. The van der Waals surface area contributed by atoms with Crippen molar-refractivity contribution < 1.29 is 19.6 Å². The molecule has 1 heterocycles. The molecule has 0 aliphatic heterocycles. The Bertz CT molecular complexity index is 482. The highest BCUT2D eigenvalue weighted by molar-refractivity contribution is 5.93. The minimum atomic E-state index is -0.876. The normalized spacial score (nSPS) is 11.8. The summed E-state index contributed by atoms with van der Waals surface area (Å²) >= 11 is 0. The average Bonchev–Trinajstić information content (AvgIpc) is 2.77. The third kappa shape index (κ3) is 4.78. The number of carbonyl (C=O) groups is 2. The van der Waals surface area contributed by atoms with E-state index in [2.05, 4.69) is 10.3 Å². The van der Waals surface area contributed by atoms with E-state index in [-0.39, 0.29) is 23.8 Å². The number of aliphatic carboxylic acids is 1. The van der Waals surface area contributed by atoms with Crippen LogP contribution in [-0.4, -0.2) is 32.9 Å². The van der Waals surface area contributed by atoms with Crippen molar-refractivity contribution in [2.75, 3.05) is 0 Å². The summed E-state index contributed by atoms with van der Waals surface area (Å²) in [5.74, 6) is -1.32. The number of hydrogen-bond donors (Lipinski definition) is 3. The van der Waals surface area contributed by atoms with Gasteiger partial charge in [-0.2, -0.15) is 0 Å². The van der Waals surface area contributed by atoms with Crippen molar-refractivity contribution in [3.05, 3.63) is 28.1 Å². The predicted octanol–water partition coefficient (Wildman–Crippen LogP) is 1.30. The standard InChI is InChI=1S/C11H15N3O5/c1-7(3-2-4-10(15)16)13-11(17)9-5-8(6-12-9)14(18)19/h5-7,12H,2-4H2,1H3,(H,13,17)(H,15,16). The Hall–Kier alpha value is -2.38. The van der Waals surface area contributed by atoms with Gasteiger partial charge in [-0.1, -0.05) is 0 Å². The maximum atomic E-state index is 11.7. The number of aromatic amines is 1. The molecule has 0 aliphatic carbocycles. The van der Waals surface area contributed by atoms with Gasteiger partial charge in [-0.3, -0.25) is 19.7 Å². The predicted molar refractivity (Wildman–Crippen MR) is 65.9 cm³/mol. The first-order valence-corrected chi connectivity index (χ1v) is 5.75. The average molecular weight is 269 g/mol. The first kappa shape index (κ1) is 14.7. The lowest BCUT2D eigenvalue weighted by atomic mass is 10.1. The smallest absolute Gasteiger partial charge is 0.303 e. The van der Waals surface area contributed by atoms with Gasteiger partial charge in [0, 0.05) is 18.5 Å². The van der Waals surface area contributed by atoms with E-state index in [9.17, 15) is 19.7 Å². The van der Waals surface area contributed by atoms with Crippen molar-refractivity contribution in [1.82, 2.24) is 10.3 Å². The van der Waals surface area contributed by atoms with Crippen LogP contribution in [0.15, 0.2) is 12.3 Å². The Morgan fingerprint density at radius 1 is 1.58 bits per heavy atom. The number of amides is 1. The second-order valence-electron chi connectivity index (χ2n) is 4.19. The monoisotopic (exact) mass is 269 g/mol. The van der Waals surface area contributed by atoms with Crippen molar-refractivity contribution >= 4 is 17.6 Å². The molecule has 8 nitrogen and oxygen atoms in total. The van der Waals surface area contributed by atoms with Crippen molar-refractivity contribution in [2.45, 2.75) is 32.2 Å². The fourth-order valence-corrected chi connectivity index (χ4v) is 1.55. The second-order valence-corrected chi connectivity index (χ2v) is 4.19. The van der Waals surface area contributed by atoms with Crippen LogP contribution in [0.1, 0.15) is 36.7 Å². The van der Waals surface area contributed by atoms with Gasteiger partial charge in [0.1, 0.15) is 5.69 Å². The molecule has 1 aromatic heterocycles. The molecule has 1 atom stereocenters. The van der Waals surface area contributed by atoms with Crippen LogP contribution in [0.2, 0.25) is 0 Å². The minimum Gasteiger partial charge on any atom is -0.481 e. The molecular weight excluding hydrogens is 254 g/mol. The number of rotatable bonds is 7. The molecule has 1 unspecified atom stereocenters. The van der Waals surface area contributed by atoms with Crippen molar-refractivity contribution in [3.8, 4) is 0 Å². The Morgan fingerprint density at radius 2 is 2.26 bits per heavy atom. The van der Waals surface area contributed by atoms with Crippen LogP contribution in [-0.2, 0) is 4.79 Å². The fraction of sp³-hybridized carbons (Fsp3) is 0.455. The van der Waals surface area contributed by atoms with Gasteiger partial charge in [-0.15, -0.1) is 0 Å². The van der Waals surface area contributed by atoms with Gasteiger partial charge in [-0.05, 0) is 19.8 Å². The molecule has 1 amide bonds. The largest absolute Gasteiger partial charge is 0.481 e. The van der Waals surface area contributed by atoms with Crippen LogP contribution in [0.3, 0.4) is 0 Å². The van der Waals surface area contributed by atoms with Gasteiger partial charge in [0.15, 0.2) is 0 Å². The summed E-state index contributed by atoms with van der Waals surface area (Å²) in [4.78, 5) is 34.4. The highest BCUT2D eigenvalue weighted by atomic mass is 16.6. The fourth-order valence-electron chi connectivity index (χ4n) is 1.55. The maximum absolute atomic E-state index is 11.7. The molecule has 19 heavy (non-hydrogen) atoms. The second kappa shape index (κ2) is 6.53. The summed E-state index contributed by atoms with van der Waals surface area (Å²) in [6, 6.07) is 0.952. The molecule has 104 valence electrons. The van der Waals surface area contributed by atoms with Gasteiger partial charge in [0.05, 0.1) is 11.1 Å². The molecule has 3 N–H and O–H groups in total. The Labute approximate surface area is 109 Å². The summed E-state index contributed by atoms with van der Waals surface area (Å²) in [7, 11) is 0. The van der Waals surface area contributed by atoms with Crippen molar-refractivity contribution in [2.24, 2.45) is 0 Å². The van der Waals surface area contributed by atoms with Crippen LogP contribution in [0.4, 0.5) is 5.69 Å². The summed E-state index contributed by atoms with van der Waals surface area (Å²) in [5.41, 5.74) is -0.0690. The van der Waals surface area contributed by atoms with Crippen LogP contribution >= 0.6 is 0 Å². The first-order valence-electron chi connectivity index (χ1n) is 5.75. The van der Waals surface area contributed by atoms with E-state index >= 15 is 0 Å². The van der Waals surface area contributed by atoms with Crippen molar-refractivity contribution in [1.29, 1.82) is 0 Å². The van der Waals surface area contributed by atoms with Gasteiger partial charge >= 0.3 is 5.97 Å². The van der Waals surface area contributed by atoms with Crippen LogP contribution in [0, 0.1) is 10.1 Å². The zero-order valence-electron chi connectivity index (χ0n) is 10.4. The van der Waals surface area contributed by atoms with Gasteiger partial charge in [-0.25, -0.2) is 0 Å². The maximum Gasteiger partial charge on any atom is 0.303 e. The highest BCUT2D eigenvalue weighted by Gasteiger charge is 2.16. The lowest BCUT2D eigenvalue weighted by Crippen LogP contribution is -2.32. The summed E-state index contributed by atoms with van der Waals surface area (Å²) in [5, 5.41) is 21.6. The SMILES string of the molecule is CC(CCCC(=O)O)NC(=O)c1cc([N+](=O)[O-])c[nH]1. The number of carboxylic acids is 1. The van der Waals surface area contributed by atoms with Crippen LogP contribution in [0.5, 0.6) is 0 Å². The summed E-state index contributed by atoms with van der Waals surface area (Å²) in [6.45, 7) is 1.75. The zero-order valence-corrected chi connectivity index (χ0v) is 10.4. The molecule has 8 heteroatoms. The van der Waals surface area contributed by atoms with Gasteiger partial charge in [0.2, 0.25) is 0 Å². The van der Waals surface area contributed by atoms with E-state index in [0.717, 1.165) is 12.3 Å². The zero-order chi connectivity index (χ0) is 14.4. The number of aromatic nitrogens is 1. The molecule has 1 rings (SSSR count). The van der Waals surface area contributed by atoms with E-state index in [4.69, 9.17) is 5.11 Å². The highest BCUT2D eigenvalue weighted by Crippen LogP contribution is 2.12. The molecule has 0 saturated carbocycles. The Morgan fingerprint density at radius 3 is 2.79 bits per heavy atom. The number of hydrogen-bond acceptors (Lipinski definition) is 4. The minimum absolute atomic E-state index is 0.0498. The molecule has 1 aromatic rings. The van der Waals surface area contributed by atoms with E-state index in [1.807, 2.05) is 0 Å². The molecule has 0 spiro atoms. The lowest BCUT2D eigenvalue weighted by Gasteiger charge is -2.12. The molecule has 0 fully saturated rings. The van der Waals surface area contributed by atoms with E-state index in [1.54, 1.807) is 6.92 Å². The van der Waals surface area contributed by atoms with E-state index < -0.39 is 16.8 Å². The topological polar surface area (TPSA) is 125 Å². The Kier molecular flexibility index (Phi) is 5.04. The quantitative estimate of drug-likeness (QED) is 0.508. The molecule has 0 bridgehead atoms. The molecule has 0 saturated heterocycles. The third-order valence-electron chi connectivity index (χ3n) is 2.53. The molecule has 0 aromatic carbocycles. The van der Waals surface area contributed by atoms with Crippen LogP contribution in [0.25, 0.3) is 0 Å². The van der Waals surface area contributed by atoms with Gasteiger partial charge < -0.3 is 15.4 Å². The van der Waals surface area contributed by atoms with Gasteiger partial charge in [0.25, 0.3) is 11.6 Å². The lowest BCUT2D eigenvalue weighted by molar-refractivity contribution is -0.384. The van der Waals surface area contributed by atoms with E-state index in [1.165, 1.54) is 0 Å².